The molecule has 4 N–H and O–H groups in total. The number of rotatable bonds is 1. The Morgan fingerprint density at radius 2 is 1.88 bits per heavy atom. The molecule has 0 aromatic heterocycles. The summed E-state index contributed by atoms with van der Waals surface area (Å²) in [4.78, 5) is 0. The molecule has 90 valence electrons. The predicted molar refractivity (Wildman–Crippen MR) is 59.8 cm³/mol. The number of hydrogen-bond donors (Lipinski definition) is 2. The molecule has 0 aromatic rings. The number of nitrogens with two attached hydrogens (primary N) is 2. The van der Waals surface area contributed by atoms with Crippen LogP contribution in [0, 0.1) is 11.8 Å². The van der Waals surface area contributed by atoms with Crippen molar-refractivity contribution in [2.45, 2.75) is 37.8 Å². The molecule has 1 fully saturated rings. The standard InChI is InChI=1S/C12H18F2N2/c13-7-1-4-11(14)10(5-7)9-3-2-8(15)6-12(9)16/h1,4,8-10,12H,2-3,5-6,15-16H2/t8-,9+,10?,12?/m0/s1. The van der Waals surface area contributed by atoms with Gasteiger partial charge in [-0.15, -0.1) is 0 Å². The van der Waals surface area contributed by atoms with E-state index in [0.29, 0.717) is 6.42 Å². The predicted octanol–water partition coefficient (Wildman–Crippen LogP) is 2.17. The molecule has 0 bridgehead atoms. The highest BCUT2D eigenvalue weighted by molar-refractivity contribution is 5.21. The molecule has 0 heterocycles. The minimum atomic E-state index is -0.382. The monoisotopic (exact) mass is 228 g/mol. The molecule has 0 aliphatic heterocycles. The van der Waals surface area contributed by atoms with Crippen LogP contribution in [-0.4, -0.2) is 12.1 Å². The van der Waals surface area contributed by atoms with Crippen LogP contribution >= 0.6 is 0 Å². The molecule has 0 spiro atoms. The summed E-state index contributed by atoms with van der Waals surface area (Å²) in [6.45, 7) is 0. The summed E-state index contributed by atoms with van der Waals surface area (Å²) in [6, 6.07) is 0.000991. The van der Waals surface area contributed by atoms with Crippen LogP contribution in [0.2, 0.25) is 0 Å². The van der Waals surface area contributed by atoms with Crippen molar-refractivity contribution in [3.05, 3.63) is 23.8 Å². The third-order valence-corrected chi connectivity index (χ3v) is 3.71. The first-order valence-electron chi connectivity index (χ1n) is 5.81. The van der Waals surface area contributed by atoms with Crippen molar-refractivity contribution in [3.8, 4) is 0 Å². The SMILES string of the molecule is NC1C[C@@H](N)CC[C@@H]1C1CC(F)=CC=C1F. The highest BCUT2D eigenvalue weighted by atomic mass is 19.1. The van der Waals surface area contributed by atoms with Crippen molar-refractivity contribution < 1.29 is 8.78 Å². The summed E-state index contributed by atoms with van der Waals surface area (Å²) in [5, 5.41) is 0. The summed E-state index contributed by atoms with van der Waals surface area (Å²) >= 11 is 0. The molecule has 4 heteroatoms. The fourth-order valence-electron chi connectivity index (χ4n) is 2.79. The number of hydrogen-bond acceptors (Lipinski definition) is 2. The number of allylic oxidation sites excluding steroid dienone is 4. The van der Waals surface area contributed by atoms with Gasteiger partial charge >= 0.3 is 0 Å². The van der Waals surface area contributed by atoms with E-state index in [-0.39, 0.29) is 42.0 Å². The lowest BCUT2D eigenvalue weighted by Crippen LogP contribution is -2.45. The molecular weight excluding hydrogens is 210 g/mol. The largest absolute Gasteiger partial charge is 0.328 e. The van der Waals surface area contributed by atoms with E-state index in [1.165, 1.54) is 12.2 Å². The van der Waals surface area contributed by atoms with Crippen molar-refractivity contribution >= 4 is 0 Å². The molecule has 16 heavy (non-hydrogen) atoms. The molecule has 0 amide bonds. The van der Waals surface area contributed by atoms with Gasteiger partial charge in [0, 0.05) is 24.4 Å². The normalized spacial score (nSPS) is 40.2. The zero-order valence-electron chi connectivity index (χ0n) is 9.20. The Kier molecular flexibility index (Phi) is 3.40. The fourth-order valence-corrected chi connectivity index (χ4v) is 2.79. The van der Waals surface area contributed by atoms with Gasteiger partial charge in [0.1, 0.15) is 11.7 Å². The Morgan fingerprint density at radius 3 is 2.56 bits per heavy atom. The van der Waals surface area contributed by atoms with Crippen molar-refractivity contribution in [2.24, 2.45) is 23.3 Å². The Bertz CT molecular complexity index is 325. The fraction of sp³-hybridized carbons (Fsp3) is 0.667. The van der Waals surface area contributed by atoms with Crippen molar-refractivity contribution in [3.63, 3.8) is 0 Å². The Labute approximate surface area is 94.4 Å². The summed E-state index contributed by atoms with van der Waals surface area (Å²) < 4.78 is 26.8. The molecule has 2 rings (SSSR count). The van der Waals surface area contributed by atoms with Crippen LogP contribution in [0.4, 0.5) is 8.78 Å². The van der Waals surface area contributed by atoms with Crippen LogP contribution < -0.4 is 11.5 Å². The van der Waals surface area contributed by atoms with E-state index in [1.54, 1.807) is 0 Å². The topological polar surface area (TPSA) is 52.0 Å². The first-order chi connectivity index (χ1) is 7.58. The van der Waals surface area contributed by atoms with E-state index in [0.717, 1.165) is 12.8 Å². The van der Waals surface area contributed by atoms with Crippen LogP contribution in [0.15, 0.2) is 23.8 Å². The van der Waals surface area contributed by atoms with Crippen LogP contribution in [0.25, 0.3) is 0 Å². The van der Waals surface area contributed by atoms with Crippen molar-refractivity contribution in [1.82, 2.24) is 0 Å². The van der Waals surface area contributed by atoms with Gasteiger partial charge in [0.05, 0.1) is 0 Å². The van der Waals surface area contributed by atoms with E-state index in [1.807, 2.05) is 0 Å². The zero-order chi connectivity index (χ0) is 11.7. The molecule has 0 radical (unpaired) electrons. The van der Waals surface area contributed by atoms with Crippen LogP contribution in [0.1, 0.15) is 25.7 Å². The van der Waals surface area contributed by atoms with Crippen molar-refractivity contribution in [2.75, 3.05) is 0 Å². The molecule has 1 saturated carbocycles. The van der Waals surface area contributed by atoms with Crippen LogP contribution in [-0.2, 0) is 0 Å². The summed E-state index contributed by atoms with van der Waals surface area (Å²) in [5.74, 6) is -0.853. The van der Waals surface area contributed by atoms with E-state index in [2.05, 4.69) is 0 Å². The first kappa shape index (κ1) is 11.7. The first-order valence-corrected chi connectivity index (χ1v) is 5.81. The Balaban J connectivity index is 2.08. The minimum Gasteiger partial charge on any atom is -0.328 e. The zero-order valence-corrected chi connectivity index (χ0v) is 9.20. The van der Waals surface area contributed by atoms with Gasteiger partial charge in [0.2, 0.25) is 0 Å². The smallest absolute Gasteiger partial charge is 0.104 e. The average Bonchev–Trinajstić information content (AvgIpc) is 2.22. The summed E-state index contributed by atoms with van der Waals surface area (Å²) in [5.41, 5.74) is 11.8. The van der Waals surface area contributed by atoms with Crippen LogP contribution in [0.3, 0.4) is 0 Å². The van der Waals surface area contributed by atoms with Crippen molar-refractivity contribution in [1.29, 1.82) is 0 Å². The second kappa shape index (κ2) is 4.63. The Morgan fingerprint density at radius 1 is 1.12 bits per heavy atom. The highest BCUT2D eigenvalue weighted by Gasteiger charge is 2.35. The van der Waals surface area contributed by atoms with Gasteiger partial charge in [0.25, 0.3) is 0 Å². The average molecular weight is 228 g/mol. The maximum Gasteiger partial charge on any atom is 0.104 e. The van der Waals surface area contributed by atoms with E-state index in [4.69, 9.17) is 11.5 Å². The Hall–Kier alpha value is -0.740. The molecule has 2 nitrogen and oxygen atoms in total. The maximum atomic E-state index is 13.6. The lowest BCUT2D eigenvalue weighted by atomic mass is 9.72. The molecule has 0 aromatic carbocycles. The van der Waals surface area contributed by atoms with Gasteiger partial charge in [-0.3, -0.25) is 0 Å². The van der Waals surface area contributed by atoms with E-state index in [9.17, 15) is 8.78 Å². The van der Waals surface area contributed by atoms with E-state index >= 15 is 0 Å². The second-order valence-corrected chi connectivity index (χ2v) is 4.88. The van der Waals surface area contributed by atoms with Gasteiger partial charge in [-0.1, -0.05) is 0 Å². The second-order valence-electron chi connectivity index (χ2n) is 4.88. The van der Waals surface area contributed by atoms with Gasteiger partial charge in [0.15, 0.2) is 0 Å². The molecule has 0 saturated heterocycles. The molecule has 4 atom stereocenters. The third kappa shape index (κ3) is 2.33. The van der Waals surface area contributed by atoms with E-state index < -0.39 is 0 Å². The van der Waals surface area contributed by atoms with Gasteiger partial charge in [-0.05, 0) is 37.3 Å². The molecular formula is C12H18F2N2. The van der Waals surface area contributed by atoms with Gasteiger partial charge in [-0.2, -0.15) is 0 Å². The minimum absolute atomic E-state index is 0.0236. The van der Waals surface area contributed by atoms with Gasteiger partial charge < -0.3 is 11.5 Å². The van der Waals surface area contributed by atoms with Gasteiger partial charge in [-0.25, -0.2) is 8.78 Å². The summed E-state index contributed by atoms with van der Waals surface area (Å²) in [6.07, 6.45) is 4.93. The van der Waals surface area contributed by atoms with Crippen LogP contribution in [0.5, 0.6) is 0 Å². The lowest BCUT2D eigenvalue weighted by molar-refractivity contribution is 0.194. The summed E-state index contributed by atoms with van der Waals surface area (Å²) in [7, 11) is 0. The maximum absolute atomic E-state index is 13.6. The molecule has 2 aliphatic carbocycles. The quantitative estimate of drug-likeness (QED) is 0.722. The lowest BCUT2D eigenvalue weighted by Gasteiger charge is -2.37. The molecule has 2 unspecified atom stereocenters. The third-order valence-electron chi connectivity index (χ3n) is 3.71. The highest BCUT2D eigenvalue weighted by Crippen LogP contribution is 2.39. The number of halogens is 2. The molecule has 2 aliphatic rings.